The van der Waals surface area contributed by atoms with Crippen LogP contribution in [0.25, 0.3) is 11.0 Å². The Morgan fingerprint density at radius 3 is 2.86 bits per heavy atom. The van der Waals surface area contributed by atoms with E-state index < -0.39 is 5.60 Å². The maximum absolute atomic E-state index is 12.0. The van der Waals surface area contributed by atoms with Crippen LogP contribution in [-0.4, -0.2) is 53.4 Å². The van der Waals surface area contributed by atoms with E-state index in [4.69, 9.17) is 9.47 Å². The highest BCUT2D eigenvalue weighted by Gasteiger charge is 2.26. The number of aromatic nitrogens is 2. The van der Waals surface area contributed by atoms with Crippen molar-refractivity contribution in [1.29, 1.82) is 0 Å². The Morgan fingerprint density at radius 1 is 1.36 bits per heavy atom. The van der Waals surface area contributed by atoms with Gasteiger partial charge in [0.25, 0.3) is 0 Å². The minimum Gasteiger partial charge on any atom is -0.466 e. The van der Waals surface area contributed by atoms with E-state index >= 15 is 0 Å². The molecule has 28 heavy (non-hydrogen) atoms. The molecular weight excluding hydrogens is 360 g/mol. The molecule has 2 N–H and O–H groups in total. The van der Waals surface area contributed by atoms with E-state index in [9.17, 15) is 9.59 Å². The molecule has 1 amide bonds. The number of benzene rings is 1. The Bertz CT molecular complexity index is 855. The highest BCUT2D eigenvalue weighted by atomic mass is 16.6. The molecule has 2 aromatic rings. The normalized spacial score (nSPS) is 17.0. The fraction of sp³-hybridized carbons (Fsp3) is 0.550. The van der Waals surface area contributed by atoms with Gasteiger partial charge in [0.2, 0.25) is 0 Å². The summed E-state index contributed by atoms with van der Waals surface area (Å²) >= 11 is 0. The molecule has 0 bridgehead atoms. The number of fused-ring (bicyclic) bond motifs is 1. The molecule has 0 spiro atoms. The van der Waals surface area contributed by atoms with Gasteiger partial charge in [-0.25, -0.2) is 9.78 Å². The summed E-state index contributed by atoms with van der Waals surface area (Å²) in [5, 5.41) is 2.93. The number of imidazole rings is 1. The zero-order chi connectivity index (χ0) is 20.3. The average molecular weight is 388 g/mol. The number of ether oxygens (including phenoxy) is 2. The molecule has 1 fully saturated rings. The van der Waals surface area contributed by atoms with Crippen molar-refractivity contribution in [1.82, 2.24) is 15.3 Å². The standard InChI is InChI=1S/C20H28N4O4/c1-5-27-18(25)11-17-22-15-7-6-14(10-16(15)23-17)24-9-8-13(12-24)21-19(26)28-20(2,3)4/h6-7,10,13H,5,8-9,11-12H2,1-4H3,(H,21,26)(H,22,23). The number of anilines is 1. The van der Waals surface area contributed by atoms with Crippen LogP contribution in [0.15, 0.2) is 18.2 Å². The van der Waals surface area contributed by atoms with Crippen molar-refractivity contribution in [2.24, 2.45) is 0 Å². The van der Waals surface area contributed by atoms with Crippen molar-refractivity contribution in [3.63, 3.8) is 0 Å². The number of rotatable bonds is 5. The van der Waals surface area contributed by atoms with Crippen molar-refractivity contribution in [2.45, 2.75) is 52.2 Å². The SMILES string of the molecule is CCOC(=O)Cc1nc2cc(N3CCC(NC(=O)OC(C)(C)C)C3)ccc2[nH]1. The van der Waals surface area contributed by atoms with E-state index in [1.54, 1.807) is 6.92 Å². The van der Waals surface area contributed by atoms with E-state index in [2.05, 4.69) is 20.2 Å². The molecule has 0 saturated carbocycles. The van der Waals surface area contributed by atoms with Crippen molar-refractivity contribution < 1.29 is 19.1 Å². The number of aromatic amines is 1. The van der Waals surface area contributed by atoms with Crippen LogP contribution >= 0.6 is 0 Å². The molecule has 1 unspecified atom stereocenters. The lowest BCUT2D eigenvalue weighted by Crippen LogP contribution is -2.40. The number of alkyl carbamates (subject to hydrolysis) is 1. The first kappa shape index (κ1) is 20.0. The van der Waals surface area contributed by atoms with Crippen molar-refractivity contribution in [3.05, 3.63) is 24.0 Å². The van der Waals surface area contributed by atoms with Gasteiger partial charge < -0.3 is 24.7 Å². The Hall–Kier alpha value is -2.77. The molecule has 3 rings (SSSR count). The summed E-state index contributed by atoms with van der Waals surface area (Å²) in [4.78, 5) is 33.5. The second kappa shape index (κ2) is 8.08. The maximum Gasteiger partial charge on any atom is 0.407 e. The summed E-state index contributed by atoms with van der Waals surface area (Å²) < 4.78 is 10.3. The number of nitrogens with zero attached hydrogens (tertiary/aromatic N) is 2. The van der Waals surface area contributed by atoms with E-state index in [-0.39, 0.29) is 24.5 Å². The molecule has 2 heterocycles. The molecule has 8 nitrogen and oxygen atoms in total. The van der Waals surface area contributed by atoms with Crippen LogP contribution in [-0.2, 0) is 20.7 Å². The van der Waals surface area contributed by atoms with Crippen LogP contribution in [0.2, 0.25) is 0 Å². The Balaban J connectivity index is 1.62. The zero-order valence-corrected chi connectivity index (χ0v) is 16.9. The number of carbonyl (C=O) groups excluding carboxylic acids is 2. The second-order valence-electron chi connectivity index (χ2n) is 7.94. The number of carbonyl (C=O) groups is 2. The smallest absolute Gasteiger partial charge is 0.407 e. The highest BCUT2D eigenvalue weighted by molar-refractivity contribution is 5.81. The van der Waals surface area contributed by atoms with Crippen LogP contribution in [0.5, 0.6) is 0 Å². The number of esters is 1. The van der Waals surface area contributed by atoms with Crippen molar-refractivity contribution >= 4 is 28.8 Å². The fourth-order valence-electron chi connectivity index (χ4n) is 3.26. The number of H-pyrrole nitrogens is 1. The molecule has 8 heteroatoms. The summed E-state index contributed by atoms with van der Waals surface area (Å²) in [7, 11) is 0. The third-order valence-corrected chi connectivity index (χ3v) is 4.41. The van der Waals surface area contributed by atoms with Gasteiger partial charge in [0.05, 0.1) is 23.7 Å². The van der Waals surface area contributed by atoms with E-state index in [0.29, 0.717) is 19.0 Å². The zero-order valence-electron chi connectivity index (χ0n) is 16.9. The topological polar surface area (TPSA) is 96.6 Å². The van der Waals surface area contributed by atoms with Crippen LogP contribution in [0.1, 0.15) is 39.9 Å². The monoisotopic (exact) mass is 388 g/mol. The van der Waals surface area contributed by atoms with Crippen molar-refractivity contribution in [2.75, 3.05) is 24.6 Å². The van der Waals surface area contributed by atoms with Gasteiger partial charge in [-0.2, -0.15) is 0 Å². The van der Waals surface area contributed by atoms with Crippen LogP contribution in [0.4, 0.5) is 10.5 Å². The third kappa shape index (κ3) is 5.15. The summed E-state index contributed by atoms with van der Waals surface area (Å²) in [6, 6.07) is 6.02. The van der Waals surface area contributed by atoms with Gasteiger partial charge in [-0.15, -0.1) is 0 Å². The quantitative estimate of drug-likeness (QED) is 0.765. The molecule has 1 aliphatic rings. The molecule has 1 saturated heterocycles. The predicted molar refractivity (Wildman–Crippen MR) is 106 cm³/mol. The highest BCUT2D eigenvalue weighted by Crippen LogP contribution is 2.24. The number of hydrogen-bond acceptors (Lipinski definition) is 6. The van der Waals surface area contributed by atoms with E-state index in [1.807, 2.05) is 39.0 Å². The third-order valence-electron chi connectivity index (χ3n) is 4.41. The molecular formula is C20H28N4O4. The van der Waals surface area contributed by atoms with Crippen LogP contribution < -0.4 is 10.2 Å². The lowest BCUT2D eigenvalue weighted by molar-refractivity contribution is -0.142. The Morgan fingerprint density at radius 2 is 2.14 bits per heavy atom. The summed E-state index contributed by atoms with van der Waals surface area (Å²) in [5.74, 6) is 0.300. The fourth-order valence-corrected chi connectivity index (χ4v) is 3.26. The van der Waals surface area contributed by atoms with Gasteiger partial charge >= 0.3 is 12.1 Å². The summed E-state index contributed by atoms with van der Waals surface area (Å²) in [5.41, 5.74) is 2.22. The Kier molecular flexibility index (Phi) is 5.76. The van der Waals surface area contributed by atoms with Gasteiger partial charge in [0.15, 0.2) is 0 Å². The van der Waals surface area contributed by atoms with E-state index in [0.717, 1.165) is 29.7 Å². The molecule has 1 aromatic carbocycles. The first-order valence-electron chi connectivity index (χ1n) is 9.62. The van der Waals surface area contributed by atoms with E-state index in [1.165, 1.54) is 0 Å². The average Bonchev–Trinajstić information content (AvgIpc) is 3.18. The van der Waals surface area contributed by atoms with Gasteiger partial charge in [0, 0.05) is 18.8 Å². The lowest BCUT2D eigenvalue weighted by atomic mass is 10.2. The van der Waals surface area contributed by atoms with Gasteiger partial charge in [0.1, 0.15) is 17.8 Å². The first-order valence-corrected chi connectivity index (χ1v) is 9.62. The van der Waals surface area contributed by atoms with Gasteiger partial charge in [-0.3, -0.25) is 4.79 Å². The predicted octanol–water partition coefficient (Wildman–Crippen LogP) is 2.77. The molecule has 152 valence electrons. The summed E-state index contributed by atoms with van der Waals surface area (Å²) in [6.07, 6.45) is 0.598. The molecule has 0 aliphatic carbocycles. The molecule has 1 aliphatic heterocycles. The molecule has 0 radical (unpaired) electrons. The van der Waals surface area contributed by atoms with Crippen LogP contribution in [0.3, 0.4) is 0 Å². The van der Waals surface area contributed by atoms with Gasteiger partial charge in [-0.05, 0) is 52.3 Å². The van der Waals surface area contributed by atoms with Gasteiger partial charge in [-0.1, -0.05) is 0 Å². The second-order valence-corrected chi connectivity index (χ2v) is 7.94. The molecule has 1 aromatic heterocycles. The first-order chi connectivity index (χ1) is 13.2. The summed E-state index contributed by atoms with van der Waals surface area (Å²) in [6.45, 7) is 9.24. The number of hydrogen-bond donors (Lipinski definition) is 2. The largest absolute Gasteiger partial charge is 0.466 e. The Labute approximate surface area is 164 Å². The molecule has 1 atom stereocenters. The minimum absolute atomic E-state index is 0.0455. The number of nitrogens with one attached hydrogen (secondary N) is 2. The van der Waals surface area contributed by atoms with Crippen LogP contribution in [0, 0.1) is 0 Å². The van der Waals surface area contributed by atoms with Crippen molar-refractivity contribution in [3.8, 4) is 0 Å². The number of amides is 1. The minimum atomic E-state index is -0.505. The maximum atomic E-state index is 12.0. The lowest BCUT2D eigenvalue weighted by Gasteiger charge is -2.22.